The fourth-order valence-electron chi connectivity index (χ4n) is 3.94. The van der Waals surface area contributed by atoms with Crippen LogP contribution in [0.25, 0.3) is 0 Å². The summed E-state index contributed by atoms with van der Waals surface area (Å²) in [6.07, 6.45) is 5.04. The number of aromatic nitrogens is 2. The molecule has 2 heterocycles. The Bertz CT molecular complexity index is 1230. The fraction of sp³-hybridized carbons (Fsp3) is 0.185. The summed E-state index contributed by atoms with van der Waals surface area (Å²) < 4.78 is 20.5. The number of carbonyl (C=O) groups is 1. The molecule has 1 aliphatic heterocycles. The molecular formula is C27H23ClN2O4. The number of ether oxygens (including phenoxy) is 3. The molecule has 4 aromatic rings. The van der Waals surface area contributed by atoms with Gasteiger partial charge in [0.2, 0.25) is 5.79 Å². The van der Waals surface area contributed by atoms with Crippen molar-refractivity contribution in [1.82, 2.24) is 9.55 Å². The molecule has 0 spiro atoms. The number of ketones is 1. The summed E-state index contributed by atoms with van der Waals surface area (Å²) in [5.41, 5.74) is 2.14. The number of nitrogens with zero attached hydrogens (tertiary/aromatic N) is 2. The summed E-state index contributed by atoms with van der Waals surface area (Å²) in [6.45, 7) is 1.13. The number of carbonyl (C=O) groups excluding carboxylic acids is 1. The van der Waals surface area contributed by atoms with Crippen molar-refractivity contribution in [3.8, 4) is 5.75 Å². The van der Waals surface area contributed by atoms with Crippen molar-refractivity contribution < 1.29 is 19.0 Å². The summed E-state index contributed by atoms with van der Waals surface area (Å²) in [6, 6.07) is 23.8. The van der Waals surface area contributed by atoms with Crippen LogP contribution in [0.4, 0.5) is 0 Å². The summed E-state index contributed by atoms with van der Waals surface area (Å²) in [5, 5.41) is 0.647. The van der Waals surface area contributed by atoms with Gasteiger partial charge in [-0.25, -0.2) is 4.98 Å². The number of imidazole rings is 1. The van der Waals surface area contributed by atoms with Crippen molar-refractivity contribution in [2.45, 2.75) is 18.4 Å². The van der Waals surface area contributed by atoms with Crippen LogP contribution in [0.5, 0.6) is 5.75 Å². The monoisotopic (exact) mass is 474 g/mol. The van der Waals surface area contributed by atoms with Crippen molar-refractivity contribution in [3.05, 3.63) is 119 Å². The minimum absolute atomic E-state index is 0.0214. The third-order valence-corrected chi connectivity index (χ3v) is 5.93. The topological polar surface area (TPSA) is 62.6 Å². The number of halogens is 1. The highest BCUT2D eigenvalue weighted by atomic mass is 35.5. The molecule has 1 aromatic heterocycles. The van der Waals surface area contributed by atoms with E-state index in [0.29, 0.717) is 41.7 Å². The lowest BCUT2D eigenvalue weighted by Gasteiger charge is -2.29. The van der Waals surface area contributed by atoms with Gasteiger partial charge in [0.05, 0.1) is 19.5 Å². The molecule has 7 heteroatoms. The molecule has 1 aliphatic rings. The van der Waals surface area contributed by atoms with Crippen LogP contribution in [0.3, 0.4) is 0 Å². The number of hydrogen-bond acceptors (Lipinski definition) is 5. The second kappa shape index (κ2) is 9.81. The fourth-order valence-corrected chi connectivity index (χ4v) is 4.07. The highest BCUT2D eigenvalue weighted by Crippen LogP contribution is 2.37. The second-order valence-electron chi connectivity index (χ2n) is 8.08. The molecule has 0 radical (unpaired) electrons. The molecule has 34 heavy (non-hydrogen) atoms. The molecule has 0 aliphatic carbocycles. The minimum Gasteiger partial charge on any atom is -0.491 e. The van der Waals surface area contributed by atoms with Crippen LogP contribution in [-0.4, -0.2) is 34.7 Å². The molecule has 0 bridgehead atoms. The zero-order valence-corrected chi connectivity index (χ0v) is 19.1. The van der Waals surface area contributed by atoms with Crippen LogP contribution < -0.4 is 4.74 Å². The Morgan fingerprint density at radius 2 is 1.76 bits per heavy atom. The lowest BCUT2D eigenvalue weighted by molar-refractivity contribution is -0.189. The molecule has 0 saturated carbocycles. The number of benzene rings is 3. The van der Waals surface area contributed by atoms with Gasteiger partial charge in [-0.15, -0.1) is 0 Å². The molecule has 6 nitrogen and oxygen atoms in total. The van der Waals surface area contributed by atoms with E-state index in [1.807, 2.05) is 53.2 Å². The van der Waals surface area contributed by atoms with Gasteiger partial charge in [-0.05, 0) is 36.4 Å². The van der Waals surface area contributed by atoms with E-state index in [-0.39, 0.29) is 11.9 Å². The van der Waals surface area contributed by atoms with E-state index in [1.165, 1.54) is 0 Å². The predicted octanol–water partition coefficient (Wildman–Crippen LogP) is 5.11. The maximum absolute atomic E-state index is 12.6. The predicted molar refractivity (Wildman–Crippen MR) is 128 cm³/mol. The van der Waals surface area contributed by atoms with Crippen LogP contribution in [0, 0.1) is 0 Å². The van der Waals surface area contributed by atoms with Crippen molar-refractivity contribution in [2.24, 2.45) is 0 Å². The van der Waals surface area contributed by atoms with Crippen LogP contribution in [-0.2, 0) is 21.8 Å². The number of rotatable bonds is 8. The van der Waals surface area contributed by atoms with Crippen LogP contribution in [0.2, 0.25) is 5.02 Å². The molecule has 2 atom stereocenters. The first-order chi connectivity index (χ1) is 16.6. The Balaban J connectivity index is 1.25. The van der Waals surface area contributed by atoms with E-state index in [4.69, 9.17) is 25.8 Å². The quantitative estimate of drug-likeness (QED) is 0.332. The Hall–Kier alpha value is -3.45. The Morgan fingerprint density at radius 1 is 1.03 bits per heavy atom. The Morgan fingerprint density at radius 3 is 2.47 bits per heavy atom. The zero-order valence-electron chi connectivity index (χ0n) is 18.3. The van der Waals surface area contributed by atoms with E-state index >= 15 is 0 Å². The first kappa shape index (κ1) is 22.3. The van der Waals surface area contributed by atoms with Gasteiger partial charge in [0.1, 0.15) is 18.5 Å². The SMILES string of the molecule is O=C(c1ccccc1)c1ccc(OCC2COC(Cn3ccnc3)(c3ccc(Cl)cc3)O2)cc1. The summed E-state index contributed by atoms with van der Waals surface area (Å²) in [7, 11) is 0. The highest BCUT2D eigenvalue weighted by Gasteiger charge is 2.44. The Labute approximate surface area is 202 Å². The first-order valence-corrected chi connectivity index (χ1v) is 11.4. The summed E-state index contributed by atoms with van der Waals surface area (Å²) in [4.78, 5) is 16.7. The highest BCUT2D eigenvalue weighted by molar-refractivity contribution is 6.30. The van der Waals surface area contributed by atoms with Gasteiger partial charge < -0.3 is 18.8 Å². The van der Waals surface area contributed by atoms with Gasteiger partial charge >= 0.3 is 0 Å². The smallest absolute Gasteiger partial charge is 0.214 e. The molecule has 0 N–H and O–H groups in total. The van der Waals surface area contributed by atoms with Crippen molar-refractivity contribution in [1.29, 1.82) is 0 Å². The molecule has 0 amide bonds. The van der Waals surface area contributed by atoms with Crippen LogP contribution >= 0.6 is 11.6 Å². The molecule has 1 saturated heterocycles. The lowest BCUT2D eigenvalue weighted by atomic mass is 10.0. The zero-order chi connectivity index (χ0) is 23.4. The van der Waals surface area contributed by atoms with Crippen molar-refractivity contribution >= 4 is 17.4 Å². The minimum atomic E-state index is -0.967. The third kappa shape index (κ3) is 4.89. The van der Waals surface area contributed by atoms with E-state index in [0.717, 1.165) is 5.56 Å². The summed E-state index contributed by atoms with van der Waals surface area (Å²) in [5.74, 6) is -0.329. The van der Waals surface area contributed by atoms with Crippen LogP contribution in [0.15, 0.2) is 97.6 Å². The van der Waals surface area contributed by atoms with Gasteiger partial charge in [-0.2, -0.15) is 0 Å². The third-order valence-electron chi connectivity index (χ3n) is 5.68. The van der Waals surface area contributed by atoms with Gasteiger partial charge in [0, 0.05) is 34.1 Å². The molecule has 2 unspecified atom stereocenters. The molecule has 172 valence electrons. The first-order valence-electron chi connectivity index (χ1n) is 11.0. The van der Waals surface area contributed by atoms with Crippen LogP contribution in [0.1, 0.15) is 21.5 Å². The maximum Gasteiger partial charge on any atom is 0.214 e. The van der Waals surface area contributed by atoms with E-state index in [1.54, 1.807) is 48.9 Å². The molecule has 1 fully saturated rings. The normalized spacial score (nSPS) is 19.7. The van der Waals surface area contributed by atoms with Crippen molar-refractivity contribution in [3.63, 3.8) is 0 Å². The maximum atomic E-state index is 12.6. The van der Waals surface area contributed by atoms with Gasteiger partial charge in [-0.1, -0.05) is 54.1 Å². The van der Waals surface area contributed by atoms with E-state index < -0.39 is 5.79 Å². The summed E-state index contributed by atoms with van der Waals surface area (Å²) >= 11 is 6.08. The average molecular weight is 475 g/mol. The van der Waals surface area contributed by atoms with E-state index in [2.05, 4.69) is 4.98 Å². The standard InChI is InChI=1S/C27H23ClN2O4/c28-23-10-8-22(9-11-23)27(18-30-15-14-29-19-30)33-17-25(34-27)16-32-24-12-6-21(7-13-24)26(31)20-4-2-1-3-5-20/h1-15,19,25H,16-18H2. The van der Waals surface area contributed by atoms with Gasteiger partial charge in [0.25, 0.3) is 0 Å². The molecular weight excluding hydrogens is 452 g/mol. The lowest BCUT2D eigenvalue weighted by Crippen LogP contribution is -2.34. The van der Waals surface area contributed by atoms with Gasteiger partial charge in [0.15, 0.2) is 5.78 Å². The number of hydrogen-bond donors (Lipinski definition) is 0. The molecule has 3 aromatic carbocycles. The Kier molecular flexibility index (Phi) is 6.45. The largest absolute Gasteiger partial charge is 0.491 e. The second-order valence-corrected chi connectivity index (χ2v) is 8.51. The van der Waals surface area contributed by atoms with Gasteiger partial charge in [-0.3, -0.25) is 4.79 Å². The average Bonchev–Trinajstić information content (AvgIpc) is 3.54. The van der Waals surface area contributed by atoms with Crippen molar-refractivity contribution in [2.75, 3.05) is 13.2 Å². The molecule has 5 rings (SSSR count). The van der Waals surface area contributed by atoms with E-state index in [9.17, 15) is 4.79 Å².